The highest BCUT2D eigenvalue weighted by Gasteiger charge is 2.45. The van der Waals surface area contributed by atoms with Crippen LogP contribution in [0.4, 0.5) is 4.79 Å². The molecule has 2 aromatic rings. The molecule has 1 aromatic heterocycles. The Hall–Kier alpha value is -3.84. The number of nitrogens with zero attached hydrogens (tertiary/aromatic N) is 6. The van der Waals surface area contributed by atoms with Gasteiger partial charge in [-0.1, -0.05) is 26.0 Å². The number of hydrogen-bond acceptors (Lipinski definition) is 6. The number of benzene rings is 1. The van der Waals surface area contributed by atoms with Gasteiger partial charge in [0.15, 0.2) is 0 Å². The first-order valence-electron chi connectivity index (χ1n) is 16.5. The van der Waals surface area contributed by atoms with Crippen LogP contribution in [0.25, 0.3) is 0 Å². The van der Waals surface area contributed by atoms with Crippen LogP contribution in [0, 0.1) is 24.2 Å². The van der Waals surface area contributed by atoms with Crippen molar-refractivity contribution in [3.63, 3.8) is 0 Å². The summed E-state index contributed by atoms with van der Waals surface area (Å²) in [6, 6.07) is 12.8. The number of ether oxygens (including phenoxy) is 1. The maximum Gasteiger partial charge on any atom is 0.410 e. The molecule has 250 valence electrons. The molecule has 2 aliphatic rings. The lowest BCUT2D eigenvalue weighted by atomic mass is 10.0. The highest BCUT2D eigenvalue weighted by molar-refractivity contribution is 5.84. The van der Waals surface area contributed by atoms with Crippen molar-refractivity contribution in [2.45, 2.75) is 111 Å². The van der Waals surface area contributed by atoms with Crippen LogP contribution >= 0.6 is 0 Å². The van der Waals surface area contributed by atoms with E-state index in [4.69, 9.17) is 4.74 Å². The van der Waals surface area contributed by atoms with E-state index >= 15 is 0 Å². The lowest BCUT2D eigenvalue weighted by molar-refractivity contribution is -0.142. The topological polar surface area (TPSA) is 102 Å². The number of nitriles is 1. The molecule has 46 heavy (non-hydrogen) atoms. The second-order valence-electron chi connectivity index (χ2n) is 14.6. The zero-order chi connectivity index (χ0) is 33.9. The average Bonchev–Trinajstić information content (AvgIpc) is 3.53. The number of carbonyl (C=O) groups is 3. The Balaban J connectivity index is 1.62. The molecule has 2 saturated heterocycles. The van der Waals surface area contributed by atoms with E-state index in [1.54, 1.807) is 11.0 Å². The second kappa shape index (κ2) is 14.3. The first-order chi connectivity index (χ1) is 21.6. The summed E-state index contributed by atoms with van der Waals surface area (Å²) in [4.78, 5) is 49.1. The molecule has 2 unspecified atom stereocenters. The predicted molar refractivity (Wildman–Crippen MR) is 177 cm³/mol. The van der Waals surface area contributed by atoms with Gasteiger partial charge >= 0.3 is 6.09 Å². The summed E-state index contributed by atoms with van der Waals surface area (Å²) in [5, 5.41) is 9.48. The number of likely N-dealkylation sites (tertiary alicyclic amines) is 1. The molecule has 4 atom stereocenters. The van der Waals surface area contributed by atoms with E-state index in [1.165, 1.54) is 0 Å². The van der Waals surface area contributed by atoms with E-state index in [0.29, 0.717) is 51.1 Å². The Morgan fingerprint density at radius 3 is 2.33 bits per heavy atom. The number of aromatic nitrogens is 1. The van der Waals surface area contributed by atoms with Gasteiger partial charge in [-0.15, -0.1) is 0 Å². The molecule has 2 aliphatic heterocycles. The standard InChI is InChI=1S/C36H52N6O4/c1-24(2)15-33(43)42(21-29-12-10-11-28(16-29)18-37)31-17-32(39(23-31)22-30-14-13-25(3)38(30)9)34(44)40-19-27(5)41(20-26(40)4)35(45)46-36(6,7)8/h10-14,16,24,26-27,31-32H,15,17,19-23H2,1-9H3/t26?,27?,31-,32-/m0/s1. The predicted octanol–water partition coefficient (Wildman–Crippen LogP) is 5.08. The minimum atomic E-state index is -0.601. The van der Waals surface area contributed by atoms with Crippen molar-refractivity contribution in [3.8, 4) is 6.07 Å². The van der Waals surface area contributed by atoms with Crippen molar-refractivity contribution in [1.29, 1.82) is 5.26 Å². The smallest absolute Gasteiger partial charge is 0.410 e. The van der Waals surface area contributed by atoms with Gasteiger partial charge in [0.25, 0.3) is 0 Å². The number of hydrogen-bond donors (Lipinski definition) is 0. The van der Waals surface area contributed by atoms with Crippen molar-refractivity contribution < 1.29 is 19.1 Å². The van der Waals surface area contributed by atoms with Gasteiger partial charge in [0.1, 0.15) is 5.60 Å². The second-order valence-corrected chi connectivity index (χ2v) is 14.6. The van der Waals surface area contributed by atoms with Crippen molar-refractivity contribution in [2.75, 3.05) is 19.6 Å². The van der Waals surface area contributed by atoms with Crippen LogP contribution in [-0.4, -0.2) is 91.5 Å². The Labute approximate surface area is 274 Å². The summed E-state index contributed by atoms with van der Waals surface area (Å²) in [5.74, 6) is 0.266. The highest BCUT2D eigenvalue weighted by atomic mass is 16.6. The number of rotatable bonds is 8. The molecule has 10 heteroatoms. The lowest BCUT2D eigenvalue weighted by Crippen LogP contribution is -2.62. The van der Waals surface area contributed by atoms with Crippen molar-refractivity contribution in [2.24, 2.45) is 13.0 Å². The van der Waals surface area contributed by atoms with E-state index in [1.807, 2.05) is 83.5 Å². The van der Waals surface area contributed by atoms with E-state index in [-0.39, 0.29) is 42.0 Å². The van der Waals surface area contributed by atoms with Crippen molar-refractivity contribution in [3.05, 3.63) is 58.9 Å². The number of aryl methyl sites for hydroxylation is 1. The monoisotopic (exact) mass is 632 g/mol. The van der Waals surface area contributed by atoms with Crippen LogP contribution in [0.15, 0.2) is 36.4 Å². The van der Waals surface area contributed by atoms with E-state index in [2.05, 4.69) is 34.6 Å². The zero-order valence-electron chi connectivity index (χ0n) is 29.1. The summed E-state index contributed by atoms with van der Waals surface area (Å²) < 4.78 is 7.81. The Morgan fingerprint density at radius 2 is 1.72 bits per heavy atom. The van der Waals surface area contributed by atoms with Crippen molar-refractivity contribution in [1.82, 2.24) is 24.2 Å². The number of carbonyl (C=O) groups excluding carboxylic acids is 3. The van der Waals surface area contributed by atoms with E-state index < -0.39 is 11.6 Å². The number of amides is 3. The minimum Gasteiger partial charge on any atom is -0.444 e. The van der Waals surface area contributed by atoms with Gasteiger partial charge in [0.05, 0.1) is 17.7 Å². The van der Waals surface area contributed by atoms with Crippen LogP contribution in [0.2, 0.25) is 0 Å². The Bertz CT molecular complexity index is 1450. The van der Waals surface area contributed by atoms with Crippen molar-refractivity contribution >= 4 is 17.9 Å². The quantitative estimate of drug-likeness (QED) is 0.402. The van der Waals surface area contributed by atoms with Crippen LogP contribution in [0.1, 0.15) is 83.8 Å². The fraction of sp³-hybridized carbons (Fsp3) is 0.611. The van der Waals surface area contributed by atoms with Gasteiger partial charge < -0.3 is 24.0 Å². The Kier molecular flexibility index (Phi) is 10.9. The SMILES string of the molecule is Cc1ccc(CN2C[C@@H](N(Cc3cccc(C#N)c3)C(=O)CC(C)C)C[C@H]2C(=O)N2CC(C)N(C(=O)OC(C)(C)C)CC2C)n1C. The van der Waals surface area contributed by atoms with Gasteiger partial charge in [0, 0.05) is 75.7 Å². The molecule has 0 radical (unpaired) electrons. The minimum absolute atomic E-state index is 0.0272. The van der Waals surface area contributed by atoms with Gasteiger partial charge in [-0.25, -0.2) is 4.79 Å². The third kappa shape index (κ3) is 8.30. The van der Waals surface area contributed by atoms with Gasteiger partial charge in [0.2, 0.25) is 11.8 Å². The third-order valence-corrected chi connectivity index (χ3v) is 9.16. The van der Waals surface area contributed by atoms with Crippen LogP contribution in [0.5, 0.6) is 0 Å². The maximum atomic E-state index is 14.5. The summed E-state index contributed by atoms with van der Waals surface area (Å²) in [7, 11) is 2.04. The Morgan fingerprint density at radius 1 is 1.04 bits per heavy atom. The highest BCUT2D eigenvalue weighted by Crippen LogP contribution is 2.30. The molecule has 0 aliphatic carbocycles. The summed E-state index contributed by atoms with van der Waals surface area (Å²) in [6.45, 7) is 18.0. The fourth-order valence-electron chi connectivity index (χ4n) is 6.59. The van der Waals surface area contributed by atoms with Crippen LogP contribution in [-0.2, 0) is 34.5 Å². The fourth-order valence-corrected chi connectivity index (χ4v) is 6.59. The normalized spacial score (nSPS) is 22.2. The molecule has 3 amide bonds. The first kappa shape index (κ1) is 35.0. The molecule has 10 nitrogen and oxygen atoms in total. The largest absolute Gasteiger partial charge is 0.444 e. The van der Waals surface area contributed by atoms with E-state index in [0.717, 1.165) is 17.0 Å². The third-order valence-electron chi connectivity index (χ3n) is 9.16. The zero-order valence-corrected chi connectivity index (χ0v) is 29.1. The molecule has 4 rings (SSSR count). The lowest BCUT2D eigenvalue weighted by Gasteiger charge is -2.45. The summed E-state index contributed by atoms with van der Waals surface area (Å²) in [5.41, 5.74) is 3.10. The summed E-state index contributed by atoms with van der Waals surface area (Å²) >= 11 is 0. The first-order valence-corrected chi connectivity index (χ1v) is 16.5. The molecular weight excluding hydrogens is 580 g/mol. The molecule has 0 saturated carbocycles. The van der Waals surface area contributed by atoms with Gasteiger partial charge in [-0.3, -0.25) is 14.5 Å². The van der Waals surface area contributed by atoms with Gasteiger partial charge in [-0.2, -0.15) is 5.26 Å². The molecule has 1 aromatic carbocycles. The molecule has 2 fully saturated rings. The van der Waals surface area contributed by atoms with Crippen LogP contribution < -0.4 is 0 Å². The molecule has 0 bridgehead atoms. The molecule has 0 spiro atoms. The number of piperazine rings is 1. The molecule has 3 heterocycles. The van der Waals surface area contributed by atoms with Crippen LogP contribution in [0.3, 0.4) is 0 Å². The van der Waals surface area contributed by atoms with E-state index in [9.17, 15) is 19.6 Å². The summed E-state index contributed by atoms with van der Waals surface area (Å²) in [6.07, 6.45) is 0.558. The average molecular weight is 633 g/mol. The molecular formula is C36H52N6O4. The molecule has 0 N–H and O–H groups in total. The van der Waals surface area contributed by atoms with Gasteiger partial charge in [-0.05, 0) is 83.7 Å². The maximum absolute atomic E-state index is 14.5.